The Kier molecular flexibility index (Phi) is 6.31. The molecule has 1 aliphatic heterocycles. The first-order valence-corrected chi connectivity index (χ1v) is 11.2. The zero-order valence-electron chi connectivity index (χ0n) is 18.5. The number of pyridine rings is 1. The molecule has 1 amide bonds. The molecular formula is C23H22ClN7O4. The number of ether oxygens (including phenoxy) is 1. The normalized spacial score (nSPS) is 21.8. The van der Waals surface area contributed by atoms with E-state index in [0.29, 0.717) is 39.9 Å². The number of fused-ring (bicyclic) bond motifs is 1. The van der Waals surface area contributed by atoms with Gasteiger partial charge in [-0.3, -0.25) is 14.3 Å². The number of rotatable bonds is 6. The Morgan fingerprint density at radius 2 is 2.06 bits per heavy atom. The van der Waals surface area contributed by atoms with Crippen LogP contribution in [-0.4, -0.2) is 66.0 Å². The number of carbonyl (C=O) groups is 1. The minimum absolute atomic E-state index is 0.348. The van der Waals surface area contributed by atoms with E-state index in [4.69, 9.17) is 16.3 Å². The second kappa shape index (κ2) is 9.55. The highest BCUT2D eigenvalue weighted by Crippen LogP contribution is 2.33. The van der Waals surface area contributed by atoms with E-state index >= 15 is 0 Å². The summed E-state index contributed by atoms with van der Waals surface area (Å²) in [6.45, 7) is 0.423. The van der Waals surface area contributed by atoms with E-state index in [-0.39, 0.29) is 0 Å². The fourth-order valence-electron chi connectivity index (χ4n) is 3.93. The molecule has 11 nitrogen and oxygen atoms in total. The fraction of sp³-hybridized carbons (Fsp3) is 0.261. The van der Waals surface area contributed by atoms with Crippen LogP contribution in [0.1, 0.15) is 11.8 Å². The molecule has 1 aliphatic rings. The summed E-state index contributed by atoms with van der Waals surface area (Å²) in [4.78, 5) is 30.0. The number of hydrogen-bond donors (Lipinski definition) is 4. The van der Waals surface area contributed by atoms with E-state index < -0.39 is 30.4 Å². The predicted octanol–water partition coefficient (Wildman–Crippen LogP) is 1.52. The molecule has 0 aliphatic carbocycles. The minimum atomic E-state index is -1.42. The highest BCUT2D eigenvalue weighted by atomic mass is 35.5. The summed E-state index contributed by atoms with van der Waals surface area (Å²) in [5, 5.41) is 27.4. The molecule has 5 rings (SSSR count). The number of anilines is 1. The quantitative estimate of drug-likeness (QED) is 0.312. The van der Waals surface area contributed by atoms with Crippen LogP contribution in [0.25, 0.3) is 22.6 Å². The number of nitrogens with zero attached hydrogens (tertiary/aromatic N) is 5. The molecule has 0 radical (unpaired) electrons. The highest BCUT2D eigenvalue weighted by Gasteiger charge is 2.47. The maximum Gasteiger partial charge on any atom is 0.251 e. The molecule has 4 N–H and O–H groups in total. The zero-order chi connectivity index (χ0) is 24.5. The average molecular weight is 496 g/mol. The van der Waals surface area contributed by atoms with E-state index in [1.807, 2.05) is 24.3 Å². The lowest BCUT2D eigenvalue weighted by Gasteiger charge is -2.17. The van der Waals surface area contributed by atoms with Gasteiger partial charge in [-0.15, -0.1) is 0 Å². The standard InChI is InChI=1S/C23H22ClN7O4/c1-25-22(34)18-16(32)17(33)23(35-18)31-11-28-15-20(27-9-12-4-2-6-14(24)8-12)29-19(30-21(15)31)13-5-3-7-26-10-13/h2-8,10-11,16-18,23,32-33H,9H2,1H3,(H,25,34)(H,27,29,30)/t16?,17?,18-,23?/m1/s1. The number of aliphatic hydroxyl groups is 2. The number of halogens is 1. The zero-order valence-corrected chi connectivity index (χ0v) is 19.3. The molecule has 0 saturated carbocycles. The first-order valence-electron chi connectivity index (χ1n) is 10.8. The first kappa shape index (κ1) is 23.1. The van der Waals surface area contributed by atoms with E-state index in [9.17, 15) is 15.0 Å². The fourth-order valence-corrected chi connectivity index (χ4v) is 4.14. The molecule has 0 bridgehead atoms. The largest absolute Gasteiger partial charge is 0.387 e. The molecule has 1 aromatic carbocycles. The number of nitrogens with one attached hydrogen (secondary N) is 2. The van der Waals surface area contributed by atoms with Crippen molar-refractivity contribution in [1.82, 2.24) is 29.8 Å². The Morgan fingerprint density at radius 1 is 1.20 bits per heavy atom. The molecule has 0 spiro atoms. The van der Waals surface area contributed by atoms with E-state index in [0.717, 1.165) is 5.56 Å². The van der Waals surface area contributed by atoms with Gasteiger partial charge in [0.1, 0.15) is 12.2 Å². The number of amides is 1. The number of aliphatic hydroxyl groups excluding tert-OH is 2. The van der Waals surface area contributed by atoms with Crippen molar-refractivity contribution in [2.24, 2.45) is 0 Å². The van der Waals surface area contributed by atoms with Crippen molar-refractivity contribution in [2.75, 3.05) is 12.4 Å². The topological polar surface area (TPSA) is 147 Å². The lowest BCUT2D eigenvalue weighted by atomic mass is 10.1. The van der Waals surface area contributed by atoms with Crippen LogP contribution in [0.4, 0.5) is 5.82 Å². The molecule has 3 aromatic heterocycles. The van der Waals surface area contributed by atoms with Gasteiger partial charge < -0.3 is 25.6 Å². The first-order chi connectivity index (χ1) is 17.0. The third kappa shape index (κ3) is 4.42. The van der Waals surface area contributed by atoms with Crippen molar-refractivity contribution in [2.45, 2.75) is 31.1 Å². The molecule has 4 aromatic rings. The maximum absolute atomic E-state index is 12.1. The Morgan fingerprint density at radius 3 is 2.80 bits per heavy atom. The van der Waals surface area contributed by atoms with Crippen LogP contribution in [0.2, 0.25) is 5.02 Å². The van der Waals surface area contributed by atoms with Gasteiger partial charge in [-0.05, 0) is 29.8 Å². The molecular weight excluding hydrogens is 474 g/mol. The van der Waals surface area contributed by atoms with Gasteiger partial charge in [0.25, 0.3) is 5.91 Å². The SMILES string of the molecule is CNC(=O)[C@@H]1OC(n2cnc3c(NCc4cccc(Cl)c4)nc(-c4cccnc4)nc32)C(O)C1O. The van der Waals surface area contributed by atoms with Crippen LogP contribution in [-0.2, 0) is 16.1 Å². The van der Waals surface area contributed by atoms with Crippen molar-refractivity contribution < 1.29 is 19.7 Å². The van der Waals surface area contributed by atoms with Crippen LogP contribution in [0, 0.1) is 0 Å². The number of hydrogen-bond acceptors (Lipinski definition) is 9. The monoisotopic (exact) mass is 495 g/mol. The highest BCUT2D eigenvalue weighted by molar-refractivity contribution is 6.30. The Hall–Kier alpha value is -3.64. The van der Waals surface area contributed by atoms with Crippen molar-refractivity contribution in [3.63, 3.8) is 0 Å². The molecule has 3 unspecified atom stereocenters. The molecule has 12 heteroatoms. The number of benzene rings is 1. The Balaban J connectivity index is 1.57. The molecule has 180 valence electrons. The number of carbonyl (C=O) groups excluding carboxylic acids is 1. The molecule has 35 heavy (non-hydrogen) atoms. The number of imidazole rings is 1. The van der Waals surface area contributed by atoms with Gasteiger partial charge in [0, 0.05) is 36.6 Å². The van der Waals surface area contributed by atoms with Gasteiger partial charge in [0.05, 0.1) is 6.33 Å². The summed E-state index contributed by atoms with van der Waals surface area (Å²) in [5.74, 6) is 0.276. The van der Waals surface area contributed by atoms with Gasteiger partial charge in [-0.1, -0.05) is 23.7 Å². The van der Waals surface area contributed by atoms with E-state index in [1.54, 1.807) is 24.5 Å². The predicted molar refractivity (Wildman–Crippen MR) is 127 cm³/mol. The molecule has 1 fully saturated rings. The summed E-state index contributed by atoms with van der Waals surface area (Å²) in [6.07, 6.45) is -0.411. The van der Waals surface area contributed by atoms with Gasteiger partial charge in [0.15, 0.2) is 35.1 Å². The van der Waals surface area contributed by atoms with Crippen molar-refractivity contribution >= 4 is 34.5 Å². The van der Waals surface area contributed by atoms with Crippen molar-refractivity contribution in [3.05, 3.63) is 65.7 Å². The molecule has 4 heterocycles. The molecule has 1 saturated heterocycles. The van der Waals surface area contributed by atoms with E-state index in [2.05, 4.69) is 30.6 Å². The van der Waals surface area contributed by atoms with Crippen LogP contribution in [0.3, 0.4) is 0 Å². The third-order valence-electron chi connectivity index (χ3n) is 5.71. The van der Waals surface area contributed by atoms with Crippen molar-refractivity contribution in [3.8, 4) is 11.4 Å². The van der Waals surface area contributed by atoms with Crippen LogP contribution < -0.4 is 10.6 Å². The smallest absolute Gasteiger partial charge is 0.251 e. The van der Waals surface area contributed by atoms with Crippen molar-refractivity contribution in [1.29, 1.82) is 0 Å². The van der Waals surface area contributed by atoms with Crippen LogP contribution in [0.15, 0.2) is 55.1 Å². The summed E-state index contributed by atoms with van der Waals surface area (Å²) in [7, 11) is 1.43. The summed E-state index contributed by atoms with van der Waals surface area (Å²) in [5.41, 5.74) is 2.39. The maximum atomic E-state index is 12.1. The average Bonchev–Trinajstić information content (AvgIpc) is 3.43. The minimum Gasteiger partial charge on any atom is -0.387 e. The lowest BCUT2D eigenvalue weighted by molar-refractivity contribution is -0.137. The Labute approximate surface area is 204 Å². The van der Waals surface area contributed by atoms with Gasteiger partial charge in [0.2, 0.25) is 0 Å². The second-order valence-corrected chi connectivity index (χ2v) is 8.42. The summed E-state index contributed by atoms with van der Waals surface area (Å²) >= 11 is 6.11. The Bertz CT molecular complexity index is 1370. The number of aromatic nitrogens is 5. The second-order valence-electron chi connectivity index (χ2n) is 7.99. The van der Waals surface area contributed by atoms with Gasteiger partial charge in [-0.25, -0.2) is 15.0 Å². The third-order valence-corrected chi connectivity index (χ3v) is 5.94. The van der Waals surface area contributed by atoms with Gasteiger partial charge in [-0.2, -0.15) is 0 Å². The summed E-state index contributed by atoms with van der Waals surface area (Å²) in [6, 6.07) is 11.0. The number of likely N-dealkylation sites (N-methyl/N-ethyl adjacent to an activating group) is 1. The lowest BCUT2D eigenvalue weighted by Crippen LogP contribution is -2.41. The van der Waals surface area contributed by atoms with Gasteiger partial charge >= 0.3 is 0 Å². The van der Waals surface area contributed by atoms with Crippen LogP contribution >= 0.6 is 11.6 Å². The molecule has 4 atom stereocenters. The van der Waals surface area contributed by atoms with Crippen LogP contribution in [0.5, 0.6) is 0 Å². The summed E-state index contributed by atoms with van der Waals surface area (Å²) < 4.78 is 7.21. The van der Waals surface area contributed by atoms with E-state index in [1.165, 1.54) is 17.9 Å².